The summed E-state index contributed by atoms with van der Waals surface area (Å²) in [6.45, 7) is 1.77. The third kappa shape index (κ3) is 4.15. The van der Waals surface area contributed by atoms with Gasteiger partial charge in [0.1, 0.15) is 11.6 Å². The second-order valence-electron chi connectivity index (χ2n) is 5.81. The molecular formula is C17H20F2N4O. The van der Waals surface area contributed by atoms with Gasteiger partial charge >= 0.3 is 0 Å². The summed E-state index contributed by atoms with van der Waals surface area (Å²) in [6.07, 6.45) is 3.33. The molecule has 0 aliphatic heterocycles. The van der Waals surface area contributed by atoms with Crippen molar-refractivity contribution >= 4 is 5.82 Å². The summed E-state index contributed by atoms with van der Waals surface area (Å²) in [5.74, 6) is 1.83. The first kappa shape index (κ1) is 16.5. The topological polar surface area (TPSA) is 59.9 Å². The molecule has 24 heavy (non-hydrogen) atoms. The predicted octanol–water partition coefficient (Wildman–Crippen LogP) is 3.31. The Balaban J connectivity index is 1.70. The van der Waals surface area contributed by atoms with E-state index in [0.717, 1.165) is 48.6 Å². The van der Waals surface area contributed by atoms with Crippen molar-refractivity contribution < 1.29 is 13.5 Å². The molecule has 0 amide bonds. The van der Waals surface area contributed by atoms with Crippen LogP contribution in [-0.2, 0) is 19.4 Å². The number of aryl methyl sites for hydroxylation is 2. The van der Waals surface area contributed by atoms with Crippen LogP contribution in [0, 0.1) is 6.92 Å². The van der Waals surface area contributed by atoms with Crippen molar-refractivity contribution in [3.63, 3.8) is 0 Å². The van der Waals surface area contributed by atoms with E-state index in [-0.39, 0.29) is 5.88 Å². The summed E-state index contributed by atoms with van der Waals surface area (Å²) in [7, 11) is 0. The van der Waals surface area contributed by atoms with Gasteiger partial charge in [0.15, 0.2) is 6.61 Å². The Morgan fingerprint density at radius 3 is 2.92 bits per heavy atom. The van der Waals surface area contributed by atoms with Gasteiger partial charge in [0.2, 0.25) is 5.88 Å². The Kier molecular flexibility index (Phi) is 5.17. The average molecular weight is 334 g/mol. The fraction of sp³-hybridized carbons (Fsp3) is 0.471. The summed E-state index contributed by atoms with van der Waals surface area (Å²) in [6, 6.07) is 3.48. The van der Waals surface area contributed by atoms with Gasteiger partial charge in [-0.15, -0.1) is 0 Å². The summed E-state index contributed by atoms with van der Waals surface area (Å²) in [5, 5.41) is 3.34. The molecule has 5 nitrogen and oxygen atoms in total. The van der Waals surface area contributed by atoms with Gasteiger partial charge in [-0.1, -0.05) is 0 Å². The van der Waals surface area contributed by atoms with E-state index in [9.17, 15) is 8.78 Å². The highest BCUT2D eigenvalue weighted by Gasteiger charge is 2.16. The molecule has 0 unspecified atom stereocenters. The number of hydrogen-bond donors (Lipinski definition) is 1. The van der Waals surface area contributed by atoms with Crippen LogP contribution in [0.25, 0.3) is 0 Å². The molecule has 0 atom stereocenters. The molecule has 0 aromatic carbocycles. The van der Waals surface area contributed by atoms with Crippen LogP contribution in [0.3, 0.4) is 0 Å². The zero-order valence-corrected chi connectivity index (χ0v) is 13.6. The minimum absolute atomic E-state index is 0.204. The van der Waals surface area contributed by atoms with Crippen LogP contribution in [0.5, 0.6) is 5.88 Å². The van der Waals surface area contributed by atoms with E-state index >= 15 is 0 Å². The molecule has 0 fully saturated rings. The predicted molar refractivity (Wildman–Crippen MR) is 86.5 cm³/mol. The Labute approximate surface area is 139 Å². The molecule has 0 saturated carbocycles. The molecule has 3 rings (SSSR count). The zero-order chi connectivity index (χ0) is 16.9. The monoisotopic (exact) mass is 334 g/mol. The molecule has 1 N–H and O–H groups in total. The second kappa shape index (κ2) is 7.51. The van der Waals surface area contributed by atoms with Crippen LogP contribution in [0.15, 0.2) is 18.3 Å². The highest BCUT2D eigenvalue weighted by atomic mass is 19.3. The summed E-state index contributed by atoms with van der Waals surface area (Å²) < 4.78 is 29.4. The smallest absolute Gasteiger partial charge is 0.272 e. The molecule has 7 heteroatoms. The fourth-order valence-electron chi connectivity index (χ4n) is 2.84. The number of pyridine rings is 1. The van der Waals surface area contributed by atoms with E-state index in [2.05, 4.69) is 20.3 Å². The van der Waals surface area contributed by atoms with Gasteiger partial charge in [-0.05, 0) is 44.2 Å². The molecule has 2 aromatic rings. The van der Waals surface area contributed by atoms with Gasteiger partial charge in [-0.3, -0.25) is 0 Å². The number of alkyl halides is 2. The Morgan fingerprint density at radius 1 is 1.25 bits per heavy atom. The zero-order valence-electron chi connectivity index (χ0n) is 13.6. The summed E-state index contributed by atoms with van der Waals surface area (Å²) >= 11 is 0. The third-order valence-corrected chi connectivity index (χ3v) is 3.91. The highest BCUT2D eigenvalue weighted by Crippen LogP contribution is 2.25. The van der Waals surface area contributed by atoms with Crippen LogP contribution in [0.4, 0.5) is 14.6 Å². The SMILES string of the molecule is Cc1nc2c(c(NCc3ccnc(OCC(F)F)c3)n1)CCCC2. The van der Waals surface area contributed by atoms with Gasteiger partial charge in [0.05, 0.1) is 0 Å². The molecule has 0 radical (unpaired) electrons. The van der Waals surface area contributed by atoms with Crippen molar-refractivity contribution in [3.8, 4) is 5.88 Å². The van der Waals surface area contributed by atoms with E-state index in [1.54, 1.807) is 12.3 Å². The lowest BCUT2D eigenvalue weighted by Gasteiger charge is -2.19. The Morgan fingerprint density at radius 2 is 2.08 bits per heavy atom. The maximum absolute atomic E-state index is 12.2. The van der Waals surface area contributed by atoms with Gasteiger partial charge in [0, 0.05) is 30.1 Å². The number of aromatic nitrogens is 3. The Bertz CT molecular complexity index is 709. The lowest BCUT2D eigenvalue weighted by atomic mass is 9.96. The molecule has 2 aromatic heterocycles. The molecule has 1 aliphatic carbocycles. The van der Waals surface area contributed by atoms with Crippen molar-refractivity contribution in [3.05, 3.63) is 41.0 Å². The van der Waals surface area contributed by atoms with Crippen molar-refractivity contribution in [1.82, 2.24) is 15.0 Å². The third-order valence-electron chi connectivity index (χ3n) is 3.91. The number of ether oxygens (including phenoxy) is 1. The lowest BCUT2D eigenvalue weighted by Crippen LogP contribution is -2.14. The van der Waals surface area contributed by atoms with Crippen molar-refractivity contribution in [2.45, 2.75) is 45.6 Å². The van der Waals surface area contributed by atoms with Crippen molar-refractivity contribution in [1.29, 1.82) is 0 Å². The Hall–Kier alpha value is -2.31. The van der Waals surface area contributed by atoms with Gasteiger partial charge in [-0.25, -0.2) is 23.7 Å². The molecular weight excluding hydrogens is 314 g/mol. The van der Waals surface area contributed by atoms with E-state index in [1.165, 1.54) is 5.56 Å². The van der Waals surface area contributed by atoms with E-state index in [4.69, 9.17) is 4.74 Å². The van der Waals surface area contributed by atoms with Crippen LogP contribution < -0.4 is 10.1 Å². The molecule has 2 heterocycles. The van der Waals surface area contributed by atoms with E-state index in [1.807, 2.05) is 13.0 Å². The number of anilines is 1. The van der Waals surface area contributed by atoms with E-state index in [0.29, 0.717) is 6.54 Å². The maximum Gasteiger partial charge on any atom is 0.272 e. The first-order valence-electron chi connectivity index (χ1n) is 8.08. The summed E-state index contributed by atoms with van der Waals surface area (Å²) in [4.78, 5) is 13.0. The molecule has 0 spiro atoms. The molecule has 1 aliphatic rings. The van der Waals surface area contributed by atoms with Crippen LogP contribution >= 0.6 is 0 Å². The van der Waals surface area contributed by atoms with Crippen LogP contribution in [0.2, 0.25) is 0 Å². The maximum atomic E-state index is 12.2. The van der Waals surface area contributed by atoms with Gasteiger partial charge in [0.25, 0.3) is 6.43 Å². The summed E-state index contributed by atoms with van der Waals surface area (Å²) in [5.41, 5.74) is 3.22. The van der Waals surface area contributed by atoms with Crippen LogP contribution in [0.1, 0.15) is 35.5 Å². The fourth-order valence-corrected chi connectivity index (χ4v) is 2.84. The lowest BCUT2D eigenvalue weighted by molar-refractivity contribution is 0.0795. The second-order valence-corrected chi connectivity index (χ2v) is 5.81. The van der Waals surface area contributed by atoms with Gasteiger partial charge in [-0.2, -0.15) is 0 Å². The number of fused-ring (bicyclic) bond motifs is 1. The van der Waals surface area contributed by atoms with Gasteiger partial charge < -0.3 is 10.1 Å². The first-order valence-corrected chi connectivity index (χ1v) is 8.08. The first-order chi connectivity index (χ1) is 11.6. The largest absolute Gasteiger partial charge is 0.472 e. The highest BCUT2D eigenvalue weighted by molar-refractivity contribution is 5.48. The normalized spacial score (nSPS) is 13.7. The number of halogens is 2. The molecule has 0 bridgehead atoms. The van der Waals surface area contributed by atoms with Crippen molar-refractivity contribution in [2.24, 2.45) is 0 Å². The van der Waals surface area contributed by atoms with Crippen LogP contribution in [-0.4, -0.2) is 28.0 Å². The molecule has 0 saturated heterocycles. The standard InChI is InChI=1S/C17H20F2N4O/c1-11-22-14-5-3-2-4-13(14)17(23-11)21-9-12-6-7-20-16(8-12)24-10-15(18)19/h6-8,15H,2-5,9-10H2,1H3,(H,21,22,23). The van der Waals surface area contributed by atoms with E-state index < -0.39 is 13.0 Å². The minimum atomic E-state index is -2.51. The number of nitrogens with zero attached hydrogens (tertiary/aromatic N) is 3. The quantitative estimate of drug-likeness (QED) is 0.878. The van der Waals surface area contributed by atoms with Crippen molar-refractivity contribution in [2.75, 3.05) is 11.9 Å². The number of hydrogen-bond acceptors (Lipinski definition) is 5. The minimum Gasteiger partial charge on any atom is -0.472 e. The number of nitrogens with one attached hydrogen (secondary N) is 1. The molecule has 128 valence electrons. The number of rotatable bonds is 6. The average Bonchev–Trinajstić information content (AvgIpc) is 2.58.